The van der Waals surface area contributed by atoms with Crippen molar-refractivity contribution in [2.45, 2.75) is 6.92 Å². The van der Waals surface area contributed by atoms with Gasteiger partial charge in [-0.2, -0.15) is 0 Å². The fourth-order valence-corrected chi connectivity index (χ4v) is 2.49. The molecular formula is C15H12ClIO2. The lowest BCUT2D eigenvalue weighted by molar-refractivity contribution is 0.0526. The standard InChI is InChI=1S/C15H12ClIO2/c1-2-19-15(18)11-5-8-14(17)13(9-11)10-3-6-12(16)7-4-10/h3-9H,2H2,1H3. The molecule has 2 rings (SSSR count). The molecule has 0 aliphatic rings. The molecule has 0 N–H and O–H groups in total. The number of esters is 1. The molecule has 0 saturated carbocycles. The van der Waals surface area contributed by atoms with Gasteiger partial charge in [-0.25, -0.2) is 4.79 Å². The van der Waals surface area contributed by atoms with Crippen molar-refractivity contribution >= 4 is 40.2 Å². The Morgan fingerprint density at radius 1 is 1.21 bits per heavy atom. The highest BCUT2D eigenvalue weighted by Gasteiger charge is 2.10. The average Bonchev–Trinajstić information content (AvgIpc) is 2.41. The minimum Gasteiger partial charge on any atom is -0.462 e. The van der Waals surface area contributed by atoms with Crippen molar-refractivity contribution < 1.29 is 9.53 Å². The first-order valence-corrected chi connectivity index (χ1v) is 7.30. The van der Waals surface area contributed by atoms with Crippen LogP contribution in [0.4, 0.5) is 0 Å². The summed E-state index contributed by atoms with van der Waals surface area (Å²) in [4.78, 5) is 11.7. The summed E-state index contributed by atoms with van der Waals surface area (Å²) in [5, 5.41) is 0.695. The van der Waals surface area contributed by atoms with Crippen LogP contribution in [0.3, 0.4) is 0 Å². The smallest absolute Gasteiger partial charge is 0.338 e. The van der Waals surface area contributed by atoms with E-state index in [1.54, 1.807) is 13.0 Å². The number of halogens is 2. The van der Waals surface area contributed by atoms with Crippen molar-refractivity contribution in [1.82, 2.24) is 0 Å². The van der Waals surface area contributed by atoms with Gasteiger partial charge in [-0.3, -0.25) is 0 Å². The normalized spacial score (nSPS) is 10.3. The maximum atomic E-state index is 11.7. The van der Waals surface area contributed by atoms with Crippen LogP contribution in [0.1, 0.15) is 17.3 Å². The zero-order chi connectivity index (χ0) is 13.8. The van der Waals surface area contributed by atoms with Crippen molar-refractivity contribution in [3.8, 4) is 11.1 Å². The molecule has 2 aromatic rings. The van der Waals surface area contributed by atoms with Crippen LogP contribution in [0.15, 0.2) is 42.5 Å². The molecule has 0 saturated heterocycles. The second-order valence-corrected chi connectivity index (χ2v) is 5.52. The first kappa shape index (κ1) is 14.3. The molecule has 0 fully saturated rings. The SMILES string of the molecule is CCOC(=O)c1ccc(I)c(-c2ccc(Cl)cc2)c1. The molecule has 2 aromatic carbocycles. The third-order valence-corrected chi connectivity index (χ3v) is 3.83. The minimum absolute atomic E-state index is 0.297. The fourth-order valence-electron chi connectivity index (χ4n) is 1.72. The molecule has 0 aliphatic carbocycles. The van der Waals surface area contributed by atoms with Gasteiger partial charge in [0.1, 0.15) is 0 Å². The summed E-state index contributed by atoms with van der Waals surface area (Å²) < 4.78 is 6.09. The van der Waals surface area contributed by atoms with Crippen LogP contribution in [-0.4, -0.2) is 12.6 Å². The summed E-state index contributed by atoms with van der Waals surface area (Å²) in [6, 6.07) is 13.1. The molecule has 2 nitrogen and oxygen atoms in total. The molecular weight excluding hydrogens is 375 g/mol. The van der Waals surface area contributed by atoms with Crippen molar-refractivity contribution in [3.05, 3.63) is 56.6 Å². The fraction of sp³-hybridized carbons (Fsp3) is 0.133. The van der Waals surface area contributed by atoms with Crippen molar-refractivity contribution in [3.63, 3.8) is 0 Å². The van der Waals surface area contributed by atoms with E-state index in [1.165, 1.54) is 0 Å². The van der Waals surface area contributed by atoms with E-state index in [0.717, 1.165) is 14.7 Å². The monoisotopic (exact) mass is 386 g/mol. The van der Waals surface area contributed by atoms with Gasteiger partial charge < -0.3 is 4.74 Å². The molecule has 0 heterocycles. The van der Waals surface area contributed by atoms with Gasteiger partial charge in [-0.15, -0.1) is 0 Å². The van der Waals surface area contributed by atoms with E-state index >= 15 is 0 Å². The Morgan fingerprint density at radius 3 is 2.53 bits per heavy atom. The Kier molecular flexibility index (Phi) is 4.82. The summed E-state index contributed by atoms with van der Waals surface area (Å²) >= 11 is 8.13. The number of hydrogen-bond acceptors (Lipinski definition) is 2. The van der Waals surface area contributed by atoms with Crippen LogP contribution in [0.2, 0.25) is 5.02 Å². The first-order chi connectivity index (χ1) is 9.11. The topological polar surface area (TPSA) is 26.3 Å². The van der Waals surface area contributed by atoms with Crippen LogP contribution >= 0.6 is 34.2 Å². The molecule has 0 aliphatic heterocycles. The minimum atomic E-state index is -0.297. The summed E-state index contributed by atoms with van der Waals surface area (Å²) in [6.45, 7) is 2.17. The second kappa shape index (κ2) is 6.39. The van der Waals surface area contributed by atoms with E-state index in [9.17, 15) is 4.79 Å². The highest BCUT2D eigenvalue weighted by atomic mass is 127. The Morgan fingerprint density at radius 2 is 1.89 bits per heavy atom. The van der Waals surface area contributed by atoms with E-state index in [4.69, 9.17) is 16.3 Å². The number of benzene rings is 2. The lowest BCUT2D eigenvalue weighted by atomic mass is 10.0. The molecule has 0 unspecified atom stereocenters. The maximum Gasteiger partial charge on any atom is 0.338 e. The van der Waals surface area contributed by atoms with Gasteiger partial charge in [0.05, 0.1) is 12.2 Å². The van der Waals surface area contributed by atoms with E-state index in [-0.39, 0.29) is 5.97 Å². The average molecular weight is 387 g/mol. The van der Waals surface area contributed by atoms with Gasteiger partial charge in [0.15, 0.2) is 0 Å². The lowest BCUT2D eigenvalue weighted by Crippen LogP contribution is -2.04. The van der Waals surface area contributed by atoms with Gasteiger partial charge in [0, 0.05) is 8.59 Å². The largest absolute Gasteiger partial charge is 0.462 e. The summed E-state index contributed by atoms with van der Waals surface area (Å²) in [6.07, 6.45) is 0. The van der Waals surface area contributed by atoms with Gasteiger partial charge in [-0.05, 0) is 71.0 Å². The molecule has 0 spiro atoms. The Hall–Kier alpha value is -1.07. The van der Waals surface area contributed by atoms with Crippen LogP contribution < -0.4 is 0 Å². The molecule has 4 heteroatoms. The highest BCUT2D eigenvalue weighted by Crippen LogP contribution is 2.27. The summed E-state index contributed by atoms with van der Waals surface area (Å²) in [5.41, 5.74) is 2.59. The predicted octanol–water partition coefficient (Wildman–Crippen LogP) is 4.79. The van der Waals surface area contributed by atoms with Gasteiger partial charge in [-0.1, -0.05) is 23.7 Å². The van der Waals surface area contributed by atoms with Gasteiger partial charge >= 0.3 is 5.97 Å². The number of ether oxygens (including phenoxy) is 1. The Balaban J connectivity index is 2.42. The molecule has 0 radical (unpaired) electrons. The van der Waals surface area contributed by atoms with Crippen molar-refractivity contribution in [2.75, 3.05) is 6.61 Å². The third kappa shape index (κ3) is 3.48. The molecule has 0 bridgehead atoms. The van der Waals surface area contributed by atoms with Crippen LogP contribution in [0.25, 0.3) is 11.1 Å². The number of rotatable bonds is 3. The second-order valence-electron chi connectivity index (χ2n) is 3.92. The molecule has 98 valence electrons. The van der Waals surface area contributed by atoms with Gasteiger partial charge in [0.2, 0.25) is 0 Å². The molecule has 0 aromatic heterocycles. The van der Waals surface area contributed by atoms with Crippen molar-refractivity contribution in [2.24, 2.45) is 0 Å². The van der Waals surface area contributed by atoms with E-state index in [2.05, 4.69) is 22.6 Å². The van der Waals surface area contributed by atoms with Crippen LogP contribution in [0.5, 0.6) is 0 Å². The number of carbonyl (C=O) groups is 1. The number of hydrogen-bond donors (Lipinski definition) is 0. The predicted molar refractivity (Wildman–Crippen MR) is 85.6 cm³/mol. The zero-order valence-electron chi connectivity index (χ0n) is 10.3. The Bertz CT molecular complexity index is 594. The Labute approximate surface area is 130 Å². The number of carbonyl (C=O) groups excluding carboxylic acids is 1. The third-order valence-electron chi connectivity index (χ3n) is 2.63. The van der Waals surface area contributed by atoms with Crippen molar-refractivity contribution in [1.29, 1.82) is 0 Å². The quantitative estimate of drug-likeness (QED) is 0.560. The summed E-state index contributed by atoms with van der Waals surface area (Å²) in [5.74, 6) is -0.297. The highest BCUT2D eigenvalue weighted by molar-refractivity contribution is 14.1. The lowest BCUT2D eigenvalue weighted by Gasteiger charge is -2.08. The first-order valence-electron chi connectivity index (χ1n) is 5.84. The molecule has 0 atom stereocenters. The van der Waals surface area contributed by atoms with E-state index < -0.39 is 0 Å². The van der Waals surface area contributed by atoms with Crippen LogP contribution in [-0.2, 0) is 4.74 Å². The maximum absolute atomic E-state index is 11.7. The van der Waals surface area contributed by atoms with Crippen LogP contribution in [0, 0.1) is 3.57 Å². The molecule has 0 amide bonds. The summed E-state index contributed by atoms with van der Waals surface area (Å²) in [7, 11) is 0. The molecule has 19 heavy (non-hydrogen) atoms. The van der Waals surface area contributed by atoms with E-state index in [0.29, 0.717) is 17.2 Å². The van der Waals surface area contributed by atoms with E-state index in [1.807, 2.05) is 36.4 Å². The zero-order valence-corrected chi connectivity index (χ0v) is 13.2. The van der Waals surface area contributed by atoms with Gasteiger partial charge in [0.25, 0.3) is 0 Å².